The van der Waals surface area contributed by atoms with Gasteiger partial charge in [0.25, 0.3) is 0 Å². The number of fused-ring (bicyclic) bond motifs is 1. The first kappa shape index (κ1) is 13.9. The van der Waals surface area contributed by atoms with Crippen LogP contribution in [0.4, 0.5) is 13.2 Å². The molecule has 2 atom stereocenters. The van der Waals surface area contributed by atoms with Gasteiger partial charge in [-0.05, 0) is 18.8 Å². The Labute approximate surface area is 116 Å². The van der Waals surface area contributed by atoms with E-state index in [1.807, 2.05) is 0 Å². The van der Waals surface area contributed by atoms with E-state index in [0.717, 1.165) is 37.9 Å². The van der Waals surface area contributed by atoms with Crippen molar-refractivity contribution in [1.29, 1.82) is 0 Å². The molecule has 0 bridgehead atoms. The number of imidazole rings is 1. The van der Waals surface area contributed by atoms with Gasteiger partial charge in [-0.2, -0.15) is 13.2 Å². The molecule has 1 aliphatic carbocycles. The van der Waals surface area contributed by atoms with Gasteiger partial charge in [0.15, 0.2) is 0 Å². The Balaban J connectivity index is 2.09. The van der Waals surface area contributed by atoms with E-state index >= 15 is 0 Å². The maximum atomic E-state index is 13.3. The quantitative estimate of drug-likeness (QED) is 0.859. The molecule has 112 valence electrons. The highest BCUT2D eigenvalue weighted by atomic mass is 19.4. The number of rotatable bonds is 1. The standard InChI is InChI=1S/C14H20F3N3/c1-9-4-2-3-5-11(9)20-12-6-7-18-8-10(12)19-13(20)14(15,16)17/h9,11,18H,2-8H2,1H3. The summed E-state index contributed by atoms with van der Waals surface area (Å²) in [5.41, 5.74) is 1.39. The third-order valence-electron chi connectivity index (χ3n) is 4.58. The van der Waals surface area contributed by atoms with E-state index in [-0.39, 0.29) is 12.0 Å². The highest BCUT2D eigenvalue weighted by Gasteiger charge is 2.42. The van der Waals surface area contributed by atoms with Gasteiger partial charge in [0, 0.05) is 31.2 Å². The summed E-state index contributed by atoms with van der Waals surface area (Å²) in [6.07, 6.45) is 0.249. The minimum absolute atomic E-state index is 0.0466. The van der Waals surface area contributed by atoms with Gasteiger partial charge >= 0.3 is 6.18 Å². The maximum absolute atomic E-state index is 13.3. The molecule has 0 amide bonds. The molecule has 2 unspecified atom stereocenters. The van der Waals surface area contributed by atoms with E-state index in [1.165, 1.54) is 4.57 Å². The van der Waals surface area contributed by atoms with Gasteiger partial charge in [0.05, 0.1) is 5.69 Å². The van der Waals surface area contributed by atoms with Crippen molar-refractivity contribution in [1.82, 2.24) is 14.9 Å². The zero-order valence-corrected chi connectivity index (χ0v) is 11.6. The van der Waals surface area contributed by atoms with Gasteiger partial charge in [-0.1, -0.05) is 19.8 Å². The monoisotopic (exact) mass is 287 g/mol. The Hall–Kier alpha value is -1.04. The molecule has 1 fully saturated rings. The Kier molecular flexibility index (Phi) is 3.52. The lowest BCUT2D eigenvalue weighted by Crippen LogP contribution is -2.30. The molecular formula is C14H20F3N3. The molecule has 0 spiro atoms. The molecule has 1 aliphatic heterocycles. The molecule has 0 radical (unpaired) electrons. The van der Waals surface area contributed by atoms with Crippen LogP contribution in [0.5, 0.6) is 0 Å². The number of nitrogens with zero attached hydrogens (tertiary/aromatic N) is 2. The SMILES string of the molecule is CC1CCCCC1n1c(C(F)(F)F)nc2c1CCNC2. The molecule has 0 aromatic carbocycles. The van der Waals surface area contributed by atoms with Crippen LogP contribution in [0.25, 0.3) is 0 Å². The molecule has 20 heavy (non-hydrogen) atoms. The van der Waals surface area contributed by atoms with Crippen molar-refractivity contribution in [3.8, 4) is 0 Å². The minimum Gasteiger partial charge on any atom is -0.321 e. The number of aromatic nitrogens is 2. The van der Waals surface area contributed by atoms with Gasteiger partial charge in [0.1, 0.15) is 0 Å². The second-order valence-corrected chi connectivity index (χ2v) is 5.95. The van der Waals surface area contributed by atoms with E-state index < -0.39 is 12.0 Å². The number of alkyl halides is 3. The molecule has 2 aliphatic rings. The fourth-order valence-corrected chi connectivity index (χ4v) is 3.57. The lowest BCUT2D eigenvalue weighted by molar-refractivity contribution is -0.148. The van der Waals surface area contributed by atoms with Crippen LogP contribution in [0.15, 0.2) is 0 Å². The second-order valence-electron chi connectivity index (χ2n) is 5.95. The van der Waals surface area contributed by atoms with Crippen LogP contribution >= 0.6 is 0 Å². The van der Waals surface area contributed by atoms with Crippen molar-refractivity contribution in [2.45, 2.75) is 57.8 Å². The third kappa shape index (κ3) is 2.34. The van der Waals surface area contributed by atoms with E-state index in [2.05, 4.69) is 17.2 Å². The third-order valence-corrected chi connectivity index (χ3v) is 4.58. The molecule has 3 nitrogen and oxygen atoms in total. The highest BCUT2D eigenvalue weighted by molar-refractivity contribution is 5.23. The Morgan fingerprint density at radius 3 is 2.70 bits per heavy atom. The molecule has 1 N–H and O–H groups in total. The van der Waals surface area contributed by atoms with Gasteiger partial charge < -0.3 is 9.88 Å². The van der Waals surface area contributed by atoms with E-state index in [4.69, 9.17) is 0 Å². The topological polar surface area (TPSA) is 29.9 Å². The van der Waals surface area contributed by atoms with Crippen LogP contribution < -0.4 is 5.32 Å². The molecule has 1 aromatic rings. The first-order chi connectivity index (χ1) is 9.48. The Morgan fingerprint density at radius 2 is 2.00 bits per heavy atom. The summed E-state index contributed by atoms with van der Waals surface area (Å²) in [5.74, 6) is -0.400. The van der Waals surface area contributed by atoms with Crippen molar-refractivity contribution in [3.05, 3.63) is 17.2 Å². The first-order valence-electron chi connectivity index (χ1n) is 7.36. The van der Waals surface area contributed by atoms with Gasteiger partial charge in [-0.25, -0.2) is 4.98 Å². The van der Waals surface area contributed by atoms with E-state index in [1.54, 1.807) is 0 Å². The Morgan fingerprint density at radius 1 is 1.25 bits per heavy atom. The normalized spacial score (nSPS) is 27.4. The highest BCUT2D eigenvalue weighted by Crippen LogP contribution is 2.40. The van der Waals surface area contributed by atoms with E-state index in [0.29, 0.717) is 18.7 Å². The summed E-state index contributed by atoms with van der Waals surface area (Å²) in [6, 6.07) is -0.0466. The summed E-state index contributed by atoms with van der Waals surface area (Å²) >= 11 is 0. The average molecular weight is 287 g/mol. The fraction of sp³-hybridized carbons (Fsp3) is 0.786. The molecule has 0 saturated heterocycles. The summed E-state index contributed by atoms with van der Waals surface area (Å²) in [4.78, 5) is 3.91. The number of nitrogens with one attached hydrogen (secondary N) is 1. The second kappa shape index (κ2) is 5.06. The van der Waals surface area contributed by atoms with E-state index in [9.17, 15) is 13.2 Å². The lowest BCUT2D eigenvalue weighted by Gasteiger charge is -2.33. The maximum Gasteiger partial charge on any atom is 0.449 e. The molecule has 1 aromatic heterocycles. The molecule has 6 heteroatoms. The van der Waals surface area contributed by atoms with Crippen LogP contribution in [0.1, 0.15) is 55.9 Å². The van der Waals surface area contributed by atoms with Crippen LogP contribution in [0.2, 0.25) is 0 Å². The van der Waals surface area contributed by atoms with Crippen LogP contribution in [-0.4, -0.2) is 16.1 Å². The fourth-order valence-electron chi connectivity index (χ4n) is 3.57. The van der Waals surface area contributed by atoms with Crippen molar-refractivity contribution in [2.75, 3.05) is 6.54 Å². The Bertz CT molecular complexity index is 493. The summed E-state index contributed by atoms with van der Waals surface area (Å²) in [7, 11) is 0. The molecule has 1 saturated carbocycles. The van der Waals surface area contributed by atoms with Crippen molar-refractivity contribution >= 4 is 0 Å². The van der Waals surface area contributed by atoms with Gasteiger partial charge in [0.2, 0.25) is 5.82 Å². The first-order valence-corrected chi connectivity index (χ1v) is 7.36. The molecule has 3 rings (SSSR count). The number of halogens is 3. The predicted octanol–water partition coefficient (Wildman–Crippen LogP) is 3.30. The number of hydrogen-bond donors (Lipinski definition) is 1. The van der Waals surface area contributed by atoms with Crippen LogP contribution in [0.3, 0.4) is 0 Å². The van der Waals surface area contributed by atoms with Crippen molar-refractivity contribution < 1.29 is 13.2 Å². The summed E-state index contributed by atoms with van der Waals surface area (Å²) < 4.78 is 41.5. The largest absolute Gasteiger partial charge is 0.449 e. The summed E-state index contributed by atoms with van der Waals surface area (Å²) in [5, 5.41) is 3.10. The number of hydrogen-bond acceptors (Lipinski definition) is 2. The van der Waals surface area contributed by atoms with Gasteiger partial charge in [-0.15, -0.1) is 0 Å². The lowest BCUT2D eigenvalue weighted by atomic mass is 9.85. The van der Waals surface area contributed by atoms with Crippen LogP contribution in [0, 0.1) is 5.92 Å². The molecule has 2 heterocycles. The van der Waals surface area contributed by atoms with Crippen molar-refractivity contribution in [3.63, 3.8) is 0 Å². The summed E-state index contributed by atoms with van der Waals surface area (Å²) in [6.45, 7) is 3.25. The smallest absolute Gasteiger partial charge is 0.321 e. The molecular weight excluding hydrogens is 267 g/mol. The zero-order chi connectivity index (χ0) is 14.3. The van der Waals surface area contributed by atoms with Crippen molar-refractivity contribution in [2.24, 2.45) is 5.92 Å². The predicted molar refractivity (Wildman–Crippen MR) is 69.3 cm³/mol. The van der Waals surface area contributed by atoms with Crippen LogP contribution in [-0.2, 0) is 19.1 Å². The van der Waals surface area contributed by atoms with Gasteiger partial charge in [-0.3, -0.25) is 0 Å². The zero-order valence-electron chi connectivity index (χ0n) is 11.6. The average Bonchev–Trinajstić information content (AvgIpc) is 2.79. The minimum atomic E-state index is -4.37.